The Kier molecular flexibility index (Phi) is 3.16. The summed E-state index contributed by atoms with van der Waals surface area (Å²) in [5.74, 6) is -0.566. The summed E-state index contributed by atoms with van der Waals surface area (Å²) in [5, 5.41) is 2.98. The highest BCUT2D eigenvalue weighted by Crippen LogP contribution is 2.31. The molecule has 0 bridgehead atoms. The standard InChI is InChI=1S/C13H17F2N3/c14-10-5-12(15)13(17-7-10)16-6-9-3-4-18(8-9)11-1-2-11/h5,7,9,11H,1-4,6,8H2,(H,16,17). The Balaban J connectivity index is 1.51. The van der Waals surface area contributed by atoms with Crippen LogP contribution in [0.2, 0.25) is 0 Å². The lowest BCUT2D eigenvalue weighted by Crippen LogP contribution is -2.25. The molecule has 18 heavy (non-hydrogen) atoms. The number of pyridine rings is 1. The second-order valence-electron chi connectivity index (χ2n) is 5.25. The van der Waals surface area contributed by atoms with Gasteiger partial charge in [0, 0.05) is 25.2 Å². The molecule has 1 aromatic heterocycles. The minimum atomic E-state index is -0.640. The Labute approximate surface area is 105 Å². The lowest BCUT2D eigenvalue weighted by atomic mass is 10.1. The molecule has 1 N–H and O–H groups in total. The van der Waals surface area contributed by atoms with E-state index in [0.717, 1.165) is 37.8 Å². The Morgan fingerprint density at radius 3 is 2.89 bits per heavy atom. The fourth-order valence-corrected chi connectivity index (χ4v) is 2.59. The van der Waals surface area contributed by atoms with E-state index >= 15 is 0 Å². The number of likely N-dealkylation sites (tertiary alicyclic amines) is 1. The van der Waals surface area contributed by atoms with Crippen molar-refractivity contribution in [1.29, 1.82) is 0 Å². The van der Waals surface area contributed by atoms with Crippen LogP contribution in [-0.2, 0) is 0 Å². The van der Waals surface area contributed by atoms with E-state index in [4.69, 9.17) is 0 Å². The molecule has 1 aliphatic carbocycles. The second-order valence-corrected chi connectivity index (χ2v) is 5.25. The van der Waals surface area contributed by atoms with Crippen molar-refractivity contribution >= 4 is 5.82 Å². The van der Waals surface area contributed by atoms with Gasteiger partial charge in [-0.2, -0.15) is 0 Å². The topological polar surface area (TPSA) is 28.2 Å². The highest BCUT2D eigenvalue weighted by Gasteiger charge is 2.34. The van der Waals surface area contributed by atoms with Gasteiger partial charge >= 0.3 is 0 Å². The van der Waals surface area contributed by atoms with Crippen molar-refractivity contribution in [2.24, 2.45) is 5.92 Å². The molecule has 2 heterocycles. The van der Waals surface area contributed by atoms with Crippen molar-refractivity contribution in [2.75, 3.05) is 25.0 Å². The van der Waals surface area contributed by atoms with Crippen LogP contribution in [0.4, 0.5) is 14.6 Å². The molecule has 0 radical (unpaired) electrons. The fourth-order valence-electron chi connectivity index (χ4n) is 2.59. The largest absolute Gasteiger partial charge is 0.367 e. The molecule has 2 aliphatic rings. The number of nitrogens with zero attached hydrogens (tertiary/aromatic N) is 2. The Morgan fingerprint density at radius 1 is 1.33 bits per heavy atom. The minimum Gasteiger partial charge on any atom is -0.367 e. The van der Waals surface area contributed by atoms with Crippen LogP contribution in [0.1, 0.15) is 19.3 Å². The van der Waals surface area contributed by atoms with E-state index in [1.807, 2.05) is 0 Å². The molecular weight excluding hydrogens is 236 g/mol. The number of nitrogens with one attached hydrogen (secondary N) is 1. The maximum absolute atomic E-state index is 13.4. The van der Waals surface area contributed by atoms with Crippen molar-refractivity contribution < 1.29 is 8.78 Å². The van der Waals surface area contributed by atoms with Gasteiger partial charge in [0.15, 0.2) is 11.6 Å². The molecule has 1 aliphatic heterocycles. The first-order valence-corrected chi connectivity index (χ1v) is 6.51. The maximum atomic E-state index is 13.4. The van der Waals surface area contributed by atoms with Gasteiger partial charge in [-0.3, -0.25) is 0 Å². The summed E-state index contributed by atoms with van der Waals surface area (Å²) in [6, 6.07) is 1.66. The second kappa shape index (κ2) is 4.80. The molecule has 3 nitrogen and oxygen atoms in total. The molecule has 0 spiro atoms. The van der Waals surface area contributed by atoms with Crippen molar-refractivity contribution in [3.05, 3.63) is 23.9 Å². The molecular formula is C13H17F2N3. The summed E-state index contributed by atoms with van der Waals surface area (Å²) >= 11 is 0. The van der Waals surface area contributed by atoms with Crippen LogP contribution in [0.15, 0.2) is 12.3 Å². The van der Waals surface area contributed by atoms with Gasteiger partial charge in [-0.15, -0.1) is 0 Å². The third kappa shape index (κ3) is 2.61. The smallest absolute Gasteiger partial charge is 0.168 e. The van der Waals surface area contributed by atoms with Gasteiger partial charge in [0.25, 0.3) is 0 Å². The average Bonchev–Trinajstić information content (AvgIpc) is 3.08. The van der Waals surface area contributed by atoms with Crippen LogP contribution in [0.5, 0.6) is 0 Å². The summed E-state index contributed by atoms with van der Waals surface area (Å²) < 4.78 is 26.1. The van der Waals surface area contributed by atoms with Crippen LogP contribution < -0.4 is 5.32 Å². The summed E-state index contributed by atoms with van der Waals surface area (Å²) in [6.07, 6.45) is 4.84. The molecule has 1 atom stereocenters. The molecule has 2 fully saturated rings. The Hall–Kier alpha value is -1.23. The quantitative estimate of drug-likeness (QED) is 0.892. The summed E-state index contributed by atoms with van der Waals surface area (Å²) in [6.45, 7) is 2.94. The van der Waals surface area contributed by atoms with Gasteiger partial charge in [0.1, 0.15) is 5.82 Å². The molecule has 98 valence electrons. The summed E-state index contributed by atoms with van der Waals surface area (Å²) in [4.78, 5) is 6.25. The van der Waals surface area contributed by atoms with Crippen LogP contribution >= 0.6 is 0 Å². The van der Waals surface area contributed by atoms with Crippen LogP contribution in [0, 0.1) is 17.6 Å². The van der Waals surface area contributed by atoms with E-state index in [1.54, 1.807) is 0 Å². The number of hydrogen-bond donors (Lipinski definition) is 1. The maximum Gasteiger partial charge on any atom is 0.168 e. The summed E-state index contributed by atoms with van der Waals surface area (Å²) in [7, 11) is 0. The zero-order valence-corrected chi connectivity index (χ0v) is 10.2. The average molecular weight is 253 g/mol. The number of rotatable bonds is 4. The highest BCUT2D eigenvalue weighted by molar-refractivity contribution is 5.35. The lowest BCUT2D eigenvalue weighted by Gasteiger charge is -2.15. The number of aromatic nitrogens is 1. The van der Waals surface area contributed by atoms with E-state index in [9.17, 15) is 8.78 Å². The van der Waals surface area contributed by atoms with Crippen LogP contribution in [-0.4, -0.2) is 35.6 Å². The molecule has 1 saturated carbocycles. The lowest BCUT2D eigenvalue weighted by molar-refractivity contribution is 0.316. The van der Waals surface area contributed by atoms with Crippen LogP contribution in [0.25, 0.3) is 0 Å². The van der Waals surface area contributed by atoms with E-state index in [-0.39, 0.29) is 5.82 Å². The summed E-state index contributed by atoms with van der Waals surface area (Å²) in [5.41, 5.74) is 0. The third-order valence-corrected chi connectivity index (χ3v) is 3.75. The zero-order chi connectivity index (χ0) is 12.5. The van der Waals surface area contributed by atoms with Gasteiger partial charge in [-0.1, -0.05) is 0 Å². The molecule has 1 unspecified atom stereocenters. The monoisotopic (exact) mass is 253 g/mol. The van der Waals surface area contributed by atoms with Gasteiger partial charge in [-0.05, 0) is 31.7 Å². The molecule has 0 aromatic carbocycles. The minimum absolute atomic E-state index is 0.154. The Morgan fingerprint density at radius 2 is 2.17 bits per heavy atom. The van der Waals surface area contributed by atoms with Crippen molar-refractivity contribution in [2.45, 2.75) is 25.3 Å². The van der Waals surface area contributed by atoms with E-state index in [0.29, 0.717) is 12.5 Å². The molecule has 1 aromatic rings. The fraction of sp³-hybridized carbons (Fsp3) is 0.615. The van der Waals surface area contributed by atoms with Crippen molar-refractivity contribution in [1.82, 2.24) is 9.88 Å². The van der Waals surface area contributed by atoms with Crippen molar-refractivity contribution in [3.8, 4) is 0 Å². The molecule has 0 amide bonds. The van der Waals surface area contributed by atoms with Crippen molar-refractivity contribution in [3.63, 3.8) is 0 Å². The highest BCUT2D eigenvalue weighted by atomic mass is 19.1. The van der Waals surface area contributed by atoms with E-state index in [1.165, 1.54) is 12.8 Å². The first kappa shape index (κ1) is 11.8. The third-order valence-electron chi connectivity index (χ3n) is 3.75. The first-order valence-electron chi connectivity index (χ1n) is 6.51. The SMILES string of the molecule is Fc1cnc(NCC2CCN(C3CC3)C2)c(F)c1. The molecule has 5 heteroatoms. The van der Waals surface area contributed by atoms with E-state index < -0.39 is 11.6 Å². The van der Waals surface area contributed by atoms with Crippen LogP contribution in [0.3, 0.4) is 0 Å². The van der Waals surface area contributed by atoms with E-state index in [2.05, 4.69) is 15.2 Å². The van der Waals surface area contributed by atoms with Gasteiger partial charge < -0.3 is 10.2 Å². The predicted octanol–water partition coefficient (Wildman–Crippen LogP) is 2.26. The number of hydrogen-bond acceptors (Lipinski definition) is 3. The van der Waals surface area contributed by atoms with Gasteiger partial charge in [0.2, 0.25) is 0 Å². The zero-order valence-electron chi connectivity index (χ0n) is 10.2. The Bertz CT molecular complexity index is 434. The number of halogens is 2. The molecule has 1 saturated heterocycles. The van der Waals surface area contributed by atoms with Gasteiger partial charge in [-0.25, -0.2) is 13.8 Å². The predicted molar refractivity (Wildman–Crippen MR) is 65.3 cm³/mol. The molecule has 3 rings (SSSR count). The number of anilines is 1. The van der Waals surface area contributed by atoms with Gasteiger partial charge in [0.05, 0.1) is 6.20 Å². The first-order chi connectivity index (χ1) is 8.72. The normalized spacial score (nSPS) is 24.4.